The van der Waals surface area contributed by atoms with Crippen molar-refractivity contribution in [1.82, 2.24) is 0 Å². The SMILES string of the molecule is CCCOc1ccc(Br)cc1C(=O)Oc1ccc(C(=O)OCC(C)C)cc1. The Balaban J connectivity index is 2.08. The van der Waals surface area contributed by atoms with Gasteiger partial charge in [-0.3, -0.25) is 0 Å². The first kappa shape index (κ1) is 21.0. The lowest BCUT2D eigenvalue weighted by molar-refractivity contribution is 0.0459. The summed E-state index contributed by atoms with van der Waals surface area (Å²) in [5, 5.41) is 0. The van der Waals surface area contributed by atoms with Gasteiger partial charge in [0, 0.05) is 4.47 Å². The highest BCUT2D eigenvalue weighted by atomic mass is 79.9. The number of halogens is 1. The van der Waals surface area contributed by atoms with Crippen molar-refractivity contribution in [2.45, 2.75) is 27.2 Å². The summed E-state index contributed by atoms with van der Waals surface area (Å²) in [5.74, 6) is 0.144. The first-order valence-corrected chi connectivity index (χ1v) is 9.61. The maximum Gasteiger partial charge on any atom is 0.347 e. The van der Waals surface area contributed by atoms with Crippen molar-refractivity contribution >= 4 is 27.9 Å². The van der Waals surface area contributed by atoms with Crippen LogP contribution in [-0.4, -0.2) is 25.2 Å². The van der Waals surface area contributed by atoms with E-state index in [1.165, 1.54) is 0 Å². The summed E-state index contributed by atoms with van der Waals surface area (Å²) >= 11 is 3.35. The molecule has 0 amide bonds. The Bertz CT molecular complexity index is 784. The lowest BCUT2D eigenvalue weighted by Gasteiger charge is -2.11. The zero-order valence-electron chi connectivity index (χ0n) is 15.7. The van der Waals surface area contributed by atoms with Crippen molar-refractivity contribution < 1.29 is 23.8 Å². The van der Waals surface area contributed by atoms with Gasteiger partial charge in [-0.05, 0) is 54.8 Å². The highest BCUT2D eigenvalue weighted by Crippen LogP contribution is 2.25. The van der Waals surface area contributed by atoms with Crippen LogP contribution < -0.4 is 9.47 Å². The first-order valence-electron chi connectivity index (χ1n) is 8.82. The molecule has 0 N–H and O–H groups in total. The molecule has 2 aromatic rings. The Kier molecular flexibility index (Phi) is 7.85. The Morgan fingerprint density at radius 2 is 1.74 bits per heavy atom. The molecule has 0 heterocycles. The van der Waals surface area contributed by atoms with Crippen molar-refractivity contribution in [1.29, 1.82) is 0 Å². The summed E-state index contributed by atoms with van der Waals surface area (Å²) in [7, 11) is 0. The summed E-state index contributed by atoms with van der Waals surface area (Å²) in [4.78, 5) is 24.5. The van der Waals surface area contributed by atoms with Crippen LogP contribution >= 0.6 is 15.9 Å². The van der Waals surface area contributed by atoms with Crippen LogP contribution in [-0.2, 0) is 4.74 Å². The number of hydrogen-bond acceptors (Lipinski definition) is 5. The van der Waals surface area contributed by atoms with Gasteiger partial charge in [-0.1, -0.05) is 36.7 Å². The van der Waals surface area contributed by atoms with E-state index < -0.39 is 11.9 Å². The van der Waals surface area contributed by atoms with Crippen molar-refractivity contribution in [3.05, 3.63) is 58.1 Å². The van der Waals surface area contributed by atoms with E-state index >= 15 is 0 Å². The lowest BCUT2D eigenvalue weighted by atomic mass is 10.2. The van der Waals surface area contributed by atoms with Crippen LogP contribution in [0.2, 0.25) is 0 Å². The zero-order valence-corrected chi connectivity index (χ0v) is 17.2. The maximum absolute atomic E-state index is 12.5. The van der Waals surface area contributed by atoms with Gasteiger partial charge in [0.25, 0.3) is 0 Å². The van der Waals surface area contributed by atoms with Gasteiger partial charge in [-0.15, -0.1) is 0 Å². The molecule has 0 aliphatic rings. The van der Waals surface area contributed by atoms with Gasteiger partial charge >= 0.3 is 11.9 Å². The molecule has 144 valence electrons. The fourth-order valence-corrected chi connectivity index (χ4v) is 2.51. The van der Waals surface area contributed by atoms with E-state index in [0.717, 1.165) is 10.9 Å². The normalized spacial score (nSPS) is 10.6. The third-order valence-corrected chi connectivity index (χ3v) is 3.96. The predicted molar refractivity (Wildman–Crippen MR) is 106 cm³/mol. The number of rotatable bonds is 8. The first-order chi connectivity index (χ1) is 12.9. The molecular formula is C21H23BrO5. The molecule has 0 unspecified atom stereocenters. The summed E-state index contributed by atoms with van der Waals surface area (Å²) < 4.78 is 17.0. The van der Waals surface area contributed by atoms with Gasteiger partial charge in [0.15, 0.2) is 0 Å². The van der Waals surface area contributed by atoms with Crippen molar-refractivity contribution in [2.75, 3.05) is 13.2 Å². The number of benzene rings is 2. The van der Waals surface area contributed by atoms with Gasteiger partial charge in [0.05, 0.1) is 18.8 Å². The molecule has 27 heavy (non-hydrogen) atoms. The minimum Gasteiger partial charge on any atom is -0.493 e. The number of ether oxygens (including phenoxy) is 3. The Morgan fingerprint density at radius 3 is 2.37 bits per heavy atom. The summed E-state index contributed by atoms with van der Waals surface area (Å²) in [6.07, 6.45) is 0.832. The average molecular weight is 435 g/mol. The molecular weight excluding hydrogens is 412 g/mol. The zero-order chi connectivity index (χ0) is 19.8. The Labute approximate surface area is 167 Å². The minimum atomic E-state index is -0.530. The standard InChI is InChI=1S/C21H23BrO5/c1-4-11-25-19-10-7-16(22)12-18(19)21(24)27-17-8-5-15(6-9-17)20(23)26-13-14(2)3/h5-10,12,14H,4,11,13H2,1-3H3. The van der Waals surface area contributed by atoms with E-state index in [4.69, 9.17) is 14.2 Å². The highest BCUT2D eigenvalue weighted by molar-refractivity contribution is 9.10. The molecule has 5 nitrogen and oxygen atoms in total. The largest absolute Gasteiger partial charge is 0.493 e. The molecule has 0 aliphatic heterocycles. The summed E-state index contributed by atoms with van der Waals surface area (Å²) in [6.45, 7) is 6.80. The van der Waals surface area contributed by atoms with E-state index in [-0.39, 0.29) is 5.92 Å². The summed E-state index contributed by atoms with van der Waals surface area (Å²) in [5.41, 5.74) is 0.739. The highest BCUT2D eigenvalue weighted by Gasteiger charge is 2.16. The van der Waals surface area contributed by atoms with Crippen molar-refractivity contribution in [3.63, 3.8) is 0 Å². The molecule has 0 bridgehead atoms. The molecule has 0 aromatic heterocycles. The molecule has 0 spiro atoms. The number of hydrogen-bond donors (Lipinski definition) is 0. The van der Waals surface area contributed by atoms with Crippen LogP contribution in [0, 0.1) is 5.92 Å². The van der Waals surface area contributed by atoms with Gasteiger partial charge in [-0.2, -0.15) is 0 Å². The van der Waals surface area contributed by atoms with E-state index in [0.29, 0.717) is 35.8 Å². The minimum absolute atomic E-state index is 0.267. The molecule has 0 atom stereocenters. The smallest absolute Gasteiger partial charge is 0.347 e. The van der Waals surface area contributed by atoms with E-state index in [1.54, 1.807) is 42.5 Å². The quantitative estimate of drug-likeness (QED) is 0.418. The molecule has 2 aromatic carbocycles. The van der Waals surface area contributed by atoms with Crippen LogP contribution in [0.15, 0.2) is 46.9 Å². The number of carbonyl (C=O) groups excluding carboxylic acids is 2. The molecule has 0 aliphatic carbocycles. The van der Waals surface area contributed by atoms with Crippen LogP contribution in [0.1, 0.15) is 47.9 Å². The molecule has 0 fully saturated rings. The average Bonchev–Trinajstić information content (AvgIpc) is 2.65. The second-order valence-electron chi connectivity index (χ2n) is 6.40. The molecule has 6 heteroatoms. The molecule has 0 saturated carbocycles. The molecule has 2 rings (SSSR count). The monoisotopic (exact) mass is 434 g/mol. The van der Waals surface area contributed by atoms with Crippen molar-refractivity contribution in [2.24, 2.45) is 5.92 Å². The number of esters is 2. The Hall–Kier alpha value is -2.34. The molecule has 0 radical (unpaired) electrons. The van der Waals surface area contributed by atoms with Crippen molar-refractivity contribution in [3.8, 4) is 11.5 Å². The lowest BCUT2D eigenvalue weighted by Crippen LogP contribution is -2.12. The van der Waals surface area contributed by atoms with Crippen LogP contribution in [0.4, 0.5) is 0 Å². The van der Waals surface area contributed by atoms with Crippen LogP contribution in [0.3, 0.4) is 0 Å². The van der Waals surface area contributed by atoms with Crippen LogP contribution in [0.5, 0.6) is 11.5 Å². The van der Waals surface area contributed by atoms with Gasteiger partial charge in [0.1, 0.15) is 17.1 Å². The molecule has 0 saturated heterocycles. The van der Waals surface area contributed by atoms with E-state index in [2.05, 4.69) is 15.9 Å². The Morgan fingerprint density at radius 1 is 1.04 bits per heavy atom. The fourth-order valence-electron chi connectivity index (χ4n) is 2.15. The topological polar surface area (TPSA) is 61.8 Å². The fraction of sp³-hybridized carbons (Fsp3) is 0.333. The number of carbonyl (C=O) groups is 2. The second kappa shape index (κ2) is 10.1. The third kappa shape index (κ3) is 6.40. The maximum atomic E-state index is 12.5. The van der Waals surface area contributed by atoms with Gasteiger partial charge in [-0.25, -0.2) is 9.59 Å². The van der Waals surface area contributed by atoms with Gasteiger partial charge in [0.2, 0.25) is 0 Å². The second-order valence-corrected chi connectivity index (χ2v) is 7.31. The third-order valence-electron chi connectivity index (χ3n) is 3.47. The predicted octanol–water partition coefficient (Wildman–Crippen LogP) is 5.27. The van der Waals surface area contributed by atoms with Crippen LogP contribution in [0.25, 0.3) is 0 Å². The van der Waals surface area contributed by atoms with E-state index in [9.17, 15) is 9.59 Å². The van der Waals surface area contributed by atoms with E-state index in [1.807, 2.05) is 20.8 Å². The summed E-state index contributed by atoms with van der Waals surface area (Å²) in [6, 6.07) is 11.5. The van der Waals surface area contributed by atoms with Gasteiger partial charge < -0.3 is 14.2 Å².